The lowest BCUT2D eigenvalue weighted by Crippen LogP contribution is -2.50. The standard InChI is InChI=1S/C20H30N6O2Si/c1-19(2,3)29(4,5)28-13-20(18(27)23-10-8-21)7-11-26(12-20)17-15-6-9-22-16(15)24-14-25-17/h6,9,14H,7,10-13H2,1-5H3,(H,23,27)(H,22,24,25). The number of rotatable bonds is 6. The molecule has 1 saturated heterocycles. The zero-order valence-electron chi connectivity index (χ0n) is 17.9. The van der Waals surface area contributed by atoms with Crippen molar-refractivity contribution < 1.29 is 9.22 Å². The molecule has 2 aromatic rings. The molecule has 1 aliphatic heterocycles. The van der Waals surface area contributed by atoms with Crippen LogP contribution in [0, 0.1) is 16.7 Å². The number of carbonyl (C=O) groups is 1. The quantitative estimate of drug-likeness (QED) is 0.556. The normalized spacial score (nSPS) is 20.1. The van der Waals surface area contributed by atoms with Crippen molar-refractivity contribution in [2.45, 2.75) is 45.3 Å². The maximum absolute atomic E-state index is 13.1. The highest BCUT2D eigenvalue weighted by Crippen LogP contribution is 2.40. The number of hydrogen-bond donors (Lipinski definition) is 2. The third kappa shape index (κ3) is 4.14. The molecule has 1 fully saturated rings. The molecule has 1 unspecified atom stereocenters. The van der Waals surface area contributed by atoms with Crippen molar-refractivity contribution in [3.05, 3.63) is 18.6 Å². The van der Waals surface area contributed by atoms with E-state index in [-0.39, 0.29) is 17.5 Å². The summed E-state index contributed by atoms with van der Waals surface area (Å²) < 4.78 is 6.47. The molecule has 1 aliphatic rings. The summed E-state index contributed by atoms with van der Waals surface area (Å²) in [7, 11) is -2.02. The van der Waals surface area contributed by atoms with E-state index in [4.69, 9.17) is 9.69 Å². The second-order valence-corrected chi connectivity index (χ2v) is 14.1. The van der Waals surface area contributed by atoms with E-state index in [0.29, 0.717) is 26.1 Å². The molecule has 3 heterocycles. The molecule has 0 bridgehead atoms. The Morgan fingerprint density at radius 1 is 1.45 bits per heavy atom. The van der Waals surface area contributed by atoms with Gasteiger partial charge in [0, 0.05) is 19.3 Å². The van der Waals surface area contributed by atoms with Gasteiger partial charge in [-0.3, -0.25) is 4.79 Å². The first-order chi connectivity index (χ1) is 13.6. The Balaban J connectivity index is 1.86. The van der Waals surface area contributed by atoms with Crippen LogP contribution in [0.4, 0.5) is 5.82 Å². The number of fused-ring (bicyclic) bond motifs is 1. The van der Waals surface area contributed by atoms with Gasteiger partial charge in [0.2, 0.25) is 5.91 Å². The van der Waals surface area contributed by atoms with Crippen LogP contribution in [0.25, 0.3) is 11.0 Å². The first-order valence-corrected chi connectivity index (χ1v) is 12.8. The van der Waals surface area contributed by atoms with Crippen LogP contribution in [0.1, 0.15) is 27.2 Å². The number of hydrogen-bond acceptors (Lipinski definition) is 6. The first kappa shape index (κ1) is 21.3. The summed E-state index contributed by atoms with van der Waals surface area (Å²) in [6, 6.07) is 3.95. The SMILES string of the molecule is CC(C)(C)[Si](C)(C)OCC1(C(=O)NCC#N)CCN(c2ncnc3[nH]ccc23)C1. The molecule has 2 N–H and O–H groups in total. The monoisotopic (exact) mass is 414 g/mol. The number of aromatic nitrogens is 3. The minimum atomic E-state index is -2.02. The lowest BCUT2D eigenvalue weighted by Gasteiger charge is -2.39. The van der Waals surface area contributed by atoms with Crippen molar-refractivity contribution in [2.24, 2.45) is 5.41 Å². The Morgan fingerprint density at radius 3 is 2.90 bits per heavy atom. The third-order valence-corrected chi connectivity index (χ3v) is 10.8. The highest BCUT2D eigenvalue weighted by Gasteiger charge is 2.48. The fourth-order valence-electron chi connectivity index (χ4n) is 3.37. The van der Waals surface area contributed by atoms with E-state index in [2.05, 4.69) is 59.0 Å². The van der Waals surface area contributed by atoms with Crippen molar-refractivity contribution in [3.8, 4) is 6.07 Å². The van der Waals surface area contributed by atoms with Gasteiger partial charge >= 0.3 is 0 Å². The first-order valence-electron chi connectivity index (χ1n) is 9.92. The molecular formula is C20H30N6O2Si. The highest BCUT2D eigenvalue weighted by atomic mass is 28.4. The molecule has 0 spiro atoms. The smallest absolute Gasteiger partial charge is 0.231 e. The number of nitriles is 1. The van der Waals surface area contributed by atoms with E-state index in [0.717, 1.165) is 16.9 Å². The van der Waals surface area contributed by atoms with Gasteiger partial charge in [0.1, 0.15) is 24.3 Å². The molecule has 1 atom stereocenters. The van der Waals surface area contributed by atoms with Crippen LogP contribution in [-0.2, 0) is 9.22 Å². The Morgan fingerprint density at radius 2 is 2.21 bits per heavy atom. The summed E-state index contributed by atoms with van der Waals surface area (Å²) in [6.45, 7) is 12.5. The molecule has 1 amide bonds. The fraction of sp³-hybridized carbons (Fsp3) is 0.600. The number of carbonyl (C=O) groups excluding carboxylic acids is 1. The summed E-state index contributed by atoms with van der Waals surface area (Å²) in [5.41, 5.74) is 0.0684. The summed E-state index contributed by atoms with van der Waals surface area (Å²) >= 11 is 0. The number of aromatic amines is 1. The van der Waals surface area contributed by atoms with Crippen LogP contribution in [0.2, 0.25) is 18.1 Å². The molecule has 9 heteroatoms. The molecule has 2 aromatic heterocycles. The summed E-state index contributed by atoms with van der Waals surface area (Å²) in [4.78, 5) is 27.0. The van der Waals surface area contributed by atoms with E-state index in [1.807, 2.05) is 18.3 Å². The Hall–Kier alpha value is -2.44. The number of anilines is 1. The van der Waals surface area contributed by atoms with Crippen molar-refractivity contribution in [2.75, 3.05) is 31.1 Å². The van der Waals surface area contributed by atoms with Gasteiger partial charge in [-0.1, -0.05) is 20.8 Å². The molecule has 29 heavy (non-hydrogen) atoms. The van der Waals surface area contributed by atoms with E-state index in [1.165, 1.54) is 6.33 Å². The van der Waals surface area contributed by atoms with E-state index >= 15 is 0 Å². The number of amides is 1. The van der Waals surface area contributed by atoms with Crippen LogP contribution < -0.4 is 10.2 Å². The van der Waals surface area contributed by atoms with Crippen molar-refractivity contribution >= 4 is 31.1 Å². The van der Waals surface area contributed by atoms with Crippen LogP contribution in [0.15, 0.2) is 18.6 Å². The molecule has 0 saturated carbocycles. The van der Waals surface area contributed by atoms with Crippen LogP contribution >= 0.6 is 0 Å². The van der Waals surface area contributed by atoms with E-state index < -0.39 is 13.7 Å². The average molecular weight is 415 g/mol. The van der Waals surface area contributed by atoms with Gasteiger partial charge in [-0.2, -0.15) is 5.26 Å². The average Bonchev–Trinajstić information content (AvgIpc) is 3.31. The molecule has 3 rings (SSSR count). The predicted octanol–water partition coefficient (Wildman–Crippen LogP) is 2.82. The molecule has 156 valence electrons. The lowest BCUT2D eigenvalue weighted by atomic mass is 9.87. The van der Waals surface area contributed by atoms with Gasteiger partial charge in [0.25, 0.3) is 0 Å². The van der Waals surface area contributed by atoms with Crippen molar-refractivity contribution in [1.82, 2.24) is 20.3 Å². The maximum atomic E-state index is 13.1. The zero-order valence-corrected chi connectivity index (χ0v) is 18.9. The zero-order chi connectivity index (χ0) is 21.3. The second-order valence-electron chi connectivity index (χ2n) is 9.28. The van der Waals surface area contributed by atoms with Gasteiger partial charge in [0.15, 0.2) is 8.32 Å². The van der Waals surface area contributed by atoms with E-state index in [1.54, 1.807) is 0 Å². The minimum absolute atomic E-state index is 0.00373. The van der Waals surface area contributed by atoms with Gasteiger partial charge in [-0.05, 0) is 30.6 Å². The van der Waals surface area contributed by atoms with E-state index in [9.17, 15) is 4.79 Å². The predicted molar refractivity (Wildman–Crippen MR) is 115 cm³/mol. The molecule has 8 nitrogen and oxygen atoms in total. The van der Waals surface area contributed by atoms with Crippen molar-refractivity contribution in [3.63, 3.8) is 0 Å². The van der Waals surface area contributed by atoms with Crippen molar-refractivity contribution in [1.29, 1.82) is 5.26 Å². The number of H-pyrrole nitrogens is 1. The Labute approximate surface area is 172 Å². The van der Waals surface area contributed by atoms with Crippen LogP contribution in [-0.4, -0.2) is 55.4 Å². The Bertz CT molecular complexity index is 929. The number of nitrogens with one attached hydrogen (secondary N) is 2. The lowest BCUT2D eigenvalue weighted by molar-refractivity contribution is -0.131. The van der Waals surface area contributed by atoms with Gasteiger partial charge in [-0.15, -0.1) is 0 Å². The summed E-state index contributed by atoms with van der Waals surface area (Å²) in [6.07, 6.45) is 4.03. The number of nitrogens with zero attached hydrogens (tertiary/aromatic N) is 4. The summed E-state index contributed by atoms with van der Waals surface area (Å²) in [5, 5.41) is 12.7. The largest absolute Gasteiger partial charge is 0.416 e. The minimum Gasteiger partial charge on any atom is -0.416 e. The van der Waals surface area contributed by atoms with Crippen LogP contribution in [0.3, 0.4) is 0 Å². The second kappa shape index (κ2) is 7.76. The topological polar surface area (TPSA) is 107 Å². The summed E-state index contributed by atoms with van der Waals surface area (Å²) in [5.74, 6) is 0.693. The molecule has 0 radical (unpaired) electrons. The van der Waals surface area contributed by atoms with Gasteiger partial charge in [-0.25, -0.2) is 9.97 Å². The third-order valence-electron chi connectivity index (χ3n) is 6.31. The molecule has 0 aromatic carbocycles. The maximum Gasteiger partial charge on any atom is 0.231 e. The fourth-order valence-corrected chi connectivity index (χ4v) is 4.45. The molecular weight excluding hydrogens is 384 g/mol. The van der Waals surface area contributed by atoms with Gasteiger partial charge in [0.05, 0.1) is 23.5 Å². The van der Waals surface area contributed by atoms with Crippen LogP contribution in [0.5, 0.6) is 0 Å². The molecule has 0 aliphatic carbocycles. The van der Waals surface area contributed by atoms with Gasteiger partial charge < -0.3 is 19.6 Å². The highest BCUT2D eigenvalue weighted by molar-refractivity contribution is 6.74. The Kier molecular flexibility index (Phi) is 5.69.